The predicted molar refractivity (Wildman–Crippen MR) is 76.6 cm³/mol. The van der Waals surface area contributed by atoms with Crippen molar-refractivity contribution in [1.29, 1.82) is 0 Å². The minimum atomic E-state index is -0.779. The Hall–Kier alpha value is -1.38. The van der Waals surface area contributed by atoms with E-state index in [9.17, 15) is 5.11 Å². The summed E-state index contributed by atoms with van der Waals surface area (Å²) in [5, 5.41) is 12.9. The Labute approximate surface area is 108 Å². The zero-order valence-electron chi connectivity index (χ0n) is 10.9. The molecule has 2 aromatic carbocycles. The number of nitrogens with two attached hydrogens (primary N) is 1. The van der Waals surface area contributed by atoms with E-state index in [2.05, 4.69) is 31.2 Å². The lowest BCUT2D eigenvalue weighted by molar-refractivity contribution is 0.0402. The molecule has 0 aromatic heterocycles. The van der Waals surface area contributed by atoms with Crippen molar-refractivity contribution in [2.24, 2.45) is 5.73 Å². The van der Waals surface area contributed by atoms with Crippen LogP contribution in [-0.2, 0) is 6.42 Å². The molecule has 0 fully saturated rings. The third-order valence-corrected chi connectivity index (χ3v) is 3.49. The van der Waals surface area contributed by atoms with E-state index in [1.54, 1.807) is 0 Å². The summed E-state index contributed by atoms with van der Waals surface area (Å²) < 4.78 is 0. The summed E-state index contributed by atoms with van der Waals surface area (Å²) in [5.41, 5.74) is 6.13. The van der Waals surface area contributed by atoms with E-state index in [0.29, 0.717) is 13.0 Å². The molecule has 0 saturated heterocycles. The maximum absolute atomic E-state index is 10.5. The van der Waals surface area contributed by atoms with Gasteiger partial charge < -0.3 is 10.8 Å². The van der Waals surface area contributed by atoms with E-state index in [1.807, 2.05) is 18.2 Å². The highest BCUT2D eigenvalue weighted by molar-refractivity contribution is 5.85. The highest BCUT2D eigenvalue weighted by atomic mass is 16.3. The zero-order valence-corrected chi connectivity index (χ0v) is 10.9. The van der Waals surface area contributed by atoms with Crippen molar-refractivity contribution in [2.75, 3.05) is 6.54 Å². The molecule has 0 aliphatic rings. The zero-order chi connectivity index (χ0) is 13.0. The lowest BCUT2D eigenvalue weighted by Gasteiger charge is -2.26. The maximum atomic E-state index is 10.5. The number of hydrogen-bond acceptors (Lipinski definition) is 2. The first-order valence-electron chi connectivity index (χ1n) is 6.57. The van der Waals surface area contributed by atoms with Gasteiger partial charge in [-0.3, -0.25) is 0 Å². The van der Waals surface area contributed by atoms with Crippen LogP contribution in [0.3, 0.4) is 0 Å². The highest BCUT2D eigenvalue weighted by Gasteiger charge is 2.24. The fourth-order valence-corrected chi connectivity index (χ4v) is 2.53. The van der Waals surface area contributed by atoms with Crippen LogP contribution in [0.4, 0.5) is 0 Å². The summed E-state index contributed by atoms with van der Waals surface area (Å²) >= 11 is 0. The molecular formula is C16H21NO. The van der Waals surface area contributed by atoms with Gasteiger partial charge in [0, 0.05) is 13.0 Å². The highest BCUT2D eigenvalue weighted by Crippen LogP contribution is 2.24. The molecule has 0 amide bonds. The van der Waals surface area contributed by atoms with Gasteiger partial charge >= 0.3 is 0 Å². The lowest BCUT2D eigenvalue weighted by Crippen LogP contribution is -2.39. The van der Waals surface area contributed by atoms with E-state index in [1.165, 1.54) is 16.3 Å². The first-order chi connectivity index (χ1) is 8.68. The van der Waals surface area contributed by atoms with Gasteiger partial charge in [0.15, 0.2) is 0 Å². The smallest absolute Gasteiger partial charge is 0.0809 e. The van der Waals surface area contributed by atoms with Crippen molar-refractivity contribution in [3.63, 3.8) is 0 Å². The SMILES string of the molecule is CCCC(O)(CN)Cc1cccc2ccccc12. The Morgan fingerprint density at radius 3 is 2.56 bits per heavy atom. The molecular weight excluding hydrogens is 222 g/mol. The molecule has 0 radical (unpaired) electrons. The van der Waals surface area contributed by atoms with Crippen molar-refractivity contribution in [3.05, 3.63) is 48.0 Å². The summed E-state index contributed by atoms with van der Waals surface area (Å²) in [4.78, 5) is 0. The third-order valence-electron chi connectivity index (χ3n) is 3.49. The number of aliphatic hydroxyl groups is 1. The Kier molecular flexibility index (Phi) is 4.00. The first kappa shape index (κ1) is 13.1. The van der Waals surface area contributed by atoms with E-state index < -0.39 is 5.60 Å². The minimum Gasteiger partial charge on any atom is -0.388 e. The van der Waals surface area contributed by atoms with Gasteiger partial charge in [-0.1, -0.05) is 55.8 Å². The standard InChI is InChI=1S/C16H21NO/c1-2-10-16(18,12-17)11-14-8-5-7-13-6-3-4-9-15(13)14/h3-9,18H,2,10-12,17H2,1H3. The summed E-state index contributed by atoms with van der Waals surface area (Å²) in [7, 11) is 0. The van der Waals surface area contributed by atoms with Gasteiger partial charge in [-0.05, 0) is 22.8 Å². The van der Waals surface area contributed by atoms with Crippen LogP contribution in [0.15, 0.2) is 42.5 Å². The monoisotopic (exact) mass is 243 g/mol. The van der Waals surface area contributed by atoms with Crippen LogP contribution < -0.4 is 5.73 Å². The fraction of sp³-hybridized carbons (Fsp3) is 0.375. The largest absolute Gasteiger partial charge is 0.388 e. The molecule has 2 nitrogen and oxygen atoms in total. The topological polar surface area (TPSA) is 46.2 Å². The number of hydrogen-bond donors (Lipinski definition) is 2. The van der Waals surface area contributed by atoms with Gasteiger partial charge in [0.25, 0.3) is 0 Å². The van der Waals surface area contributed by atoms with E-state index in [4.69, 9.17) is 5.73 Å². The molecule has 2 aromatic rings. The van der Waals surface area contributed by atoms with Crippen LogP contribution in [-0.4, -0.2) is 17.3 Å². The van der Waals surface area contributed by atoms with Crippen LogP contribution in [0.5, 0.6) is 0 Å². The molecule has 1 atom stereocenters. The predicted octanol–water partition coefficient (Wildman–Crippen LogP) is 2.87. The second kappa shape index (κ2) is 5.51. The van der Waals surface area contributed by atoms with E-state index >= 15 is 0 Å². The number of rotatable bonds is 5. The summed E-state index contributed by atoms with van der Waals surface area (Å²) in [5.74, 6) is 0. The molecule has 1 unspecified atom stereocenters. The van der Waals surface area contributed by atoms with Gasteiger partial charge in [0.05, 0.1) is 5.60 Å². The normalized spacial score (nSPS) is 14.6. The van der Waals surface area contributed by atoms with Crippen molar-refractivity contribution in [2.45, 2.75) is 31.8 Å². The van der Waals surface area contributed by atoms with Crippen LogP contribution >= 0.6 is 0 Å². The van der Waals surface area contributed by atoms with Gasteiger partial charge in [-0.2, -0.15) is 0 Å². The molecule has 0 heterocycles. The van der Waals surface area contributed by atoms with Crippen molar-refractivity contribution < 1.29 is 5.11 Å². The van der Waals surface area contributed by atoms with Crippen LogP contribution in [0.1, 0.15) is 25.3 Å². The molecule has 2 heteroatoms. The van der Waals surface area contributed by atoms with E-state index in [0.717, 1.165) is 12.8 Å². The molecule has 0 bridgehead atoms. The Morgan fingerprint density at radius 1 is 1.11 bits per heavy atom. The van der Waals surface area contributed by atoms with Crippen LogP contribution in [0, 0.1) is 0 Å². The summed E-state index contributed by atoms with van der Waals surface area (Å²) in [6.45, 7) is 2.38. The quantitative estimate of drug-likeness (QED) is 0.848. The third kappa shape index (κ3) is 2.71. The lowest BCUT2D eigenvalue weighted by atomic mass is 9.88. The average molecular weight is 243 g/mol. The van der Waals surface area contributed by atoms with Crippen molar-refractivity contribution in [3.8, 4) is 0 Å². The summed E-state index contributed by atoms with van der Waals surface area (Å²) in [6.07, 6.45) is 2.31. The van der Waals surface area contributed by atoms with Crippen molar-refractivity contribution >= 4 is 10.8 Å². The minimum absolute atomic E-state index is 0.310. The molecule has 96 valence electrons. The fourth-order valence-electron chi connectivity index (χ4n) is 2.53. The molecule has 0 spiro atoms. The first-order valence-corrected chi connectivity index (χ1v) is 6.57. The van der Waals surface area contributed by atoms with Crippen LogP contribution in [0.25, 0.3) is 10.8 Å². The molecule has 18 heavy (non-hydrogen) atoms. The van der Waals surface area contributed by atoms with E-state index in [-0.39, 0.29) is 0 Å². The van der Waals surface area contributed by atoms with Gasteiger partial charge in [-0.15, -0.1) is 0 Å². The number of benzene rings is 2. The van der Waals surface area contributed by atoms with Crippen molar-refractivity contribution in [1.82, 2.24) is 0 Å². The Bertz CT molecular complexity index is 518. The maximum Gasteiger partial charge on any atom is 0.0809 e. The molecule has 0 aliphatic carbocycles. The molecule has 3 N–H and O–H groups in total. The van der Waals surface area contributed by atoms with Gasteiger partial charge in [-0.25, -0.2) is 0 Å². The molecule has 0 aliphatic heterocycles. The van der Waals surface area contributed by atoms with Crippen LogP contribution in [0.2, 0.25) is 0 Å². The molecule has 0 saturated carbocycles. The number of fused-ring (bicyclic) bond motifs is 1. The average Bonchev–Trinajstić information content (AvgIpc) is 2.39. The van der Waals surface area contributed by atoms with Gasteiger partial charge in [0.1, 0.15) is 0 Å². The second-order valence-corrected chi connectivity index (χ2v) is 4.99. The van der Waals surface area contributed by atoms with Gasteiger partial charge in [0.2, 0.25) is 0 Å². The second-order valence-electron chi connectivity index (χ2n) is 4.99. The Balaban J connectivity index is 2.36. The summed E-state index contributed by atoms with van der Waals surface area (Å²) in [6, 6.07) is 14.5. The Morgan fingerprint density at radius 2 is 1.83 bits per heavy atom. The molecule has 2 rings (SSSR count).